The van der Waals surface area contributed by atoms with E-state index in [1.807, 2.05) is 41.3 Å². The van der Waals surface area contributed by atoms with Crippen LogP contribution in [0.15, 0.2) is 54.6 Å². The lowest BCUT2D eigenvalue weighted by Crippen LogP contribution is -2.47. The second-order valence-electron chi connectivity index (χ2n) is 5.84. The van der Waals surface area contributed by atoms with E-state index in [4.69, 9.17) is 0 Å². The molecule has 0 aromatic heterocycles. The fraction of sp³-hybridized carbons (Fsp3) is 0.278. The van der Waals surface area contributed by atoms with Crippen LogP contribution in [0.3, 0.4) is 0 Å². The second kappa shape index (κ2) is 6.11. The summed E-state index contributed by atoms with van der Waals surface area (Å²) in [5.74, 6) is 0.585. The van der Waals surface area contributed by atoms with Crippen LogP contribution in [0.2, 0.25) is 0 Å². The first-order valence-corrected chi connectivity index (χ1v) is 7.49. The molecule has 0 radical (unpaired) electrons. The molecule has 3 nitrogen and oxygen atoms in total. The summed E-state index contributed by atoms with van der Waals surface area (Å²) in [5, 5.41) is 3.45. The van der Waals surface area contributed by atoms with Crippen LogP contribution in [0, 0.1) is 0 Å². The van der Waals surface area contributed by atoms with Crippen molar-refractivity contribution in [3.05, 3.63) is 71.3 Å². The van der Waals surface area contributed by atoms with Gasteiger partial charge in [0.05, 0.1) is 6.04 Å². The van der Waals surface area contributed by atoms with Gasteiger partial charge in [0.15, 0.2) is 0 Å². The molecule has 0 bridgehead atoms. The molecule has 0 saturated carbocycles. The molecule has 4 rings (SSSR count). The molecule has 2 aliphatic rings. The third-order valence-electron chi connectivity index (χ3n) is 4.63. The molecule has 2 aromatic carbocycles. The molecular formula is C18H19ClN2O. The van der Waals surface area contributed by atoms with Crippen molar-refractivity contribution < 1.29 is 4.79 Å². The normalized spacial score (nSPS) is 22.7. The third-order valence-corrected chi connectivity index (χ3v) is 4.63. The van der Waals surface area contributed by atoms with Crippen LogP contribution in [0.5, 0.6) is 0 Å². The van der Waals surface area contributed by atoms with Crippen LogP contribution in [0.25, 0.3) is 0 Å². The molecule has 0 aliphatic carbocycles. The van der Waals surface area contributed by atoms with Crippen molar-refractivity contribution in [1.29, 1.82) is 0 Å². The fourth-order valence-corrected chi connectivity index (χ4v) is 3.60. The summed E-state index contributed by atoms with van der Waals surface area (Å²) in [6, 6.07) is 18.6. The Morgan fingerprint density at radius 1 is 1.00 bits per heavy atom. The topological polar surface area (TPSA) is 32.3 Å². The SMILES string of the molecule is Cl.O=C1c2ccccc2[C@H]2CNC[C@@H]2N1Cc1ccccc1. The highest BCUT2D eigenvalue weighted by atomic mass is 35.5. The first kappa shape index (κ1) is 15.1. The number of carbonyl (C=O) groups excluding carboxylic acids is 1. The molecule has 0 spiro atoms. The van der Waals surface area contributed by atoms with Crippen molar-refractivity contribution >= 4 is 18.3 Å². The average Bonchev–Trinajstić information content (AvgIpc) is 3.02. The van der Waals surface area contributed by atoms with Gasteiger partial charge in [-0.15, -0.1) is 12.4 Å². The summed E-state index contributed by atoms with van der Waals surface area (Å²) in [4.78, 5) is 14.9. The summed E-state index contributed by atoms with van der Waals surface area (Å²) in [7, 11) is 0. The molecule has 2 aromatic rings. The molecule has 114 valence electrons. The Hall–Kier alpha value is -1.84. The summed E-state index contributed by atoms with van der Waals surface area (Å²) < 4.78 is 0. The number of fused-ring (bicyclic) bond motifs is 3. The number of hydrogen-bond acceptors (Lipinski definition) is 2. The molecule has 2 heterocycles. The highest BCUT2D eigenvalue weighted by Gasteiger charge is 2.41. The average molecular weight is 315 g/mol. The van der Waals surface area contributed by atoms with Gasteiger partial charge in [-0.2, -0.15) is 0 Å². The number of amides is 1. The van der Waals surface area contributed by atoms with Gasteiger partial charge < -0.3 is 10.2 Å². The number of nitrogens with zero attached hydrogens (tertiary/aromatic N) is 1. The minimum Gasteiger partial charge on any atom is -0.329 e. The quantitative estimate of drug-likeness (QED) is 0.924. The molecule has 1 N–H and O–H groups in total. The molecule has 2 atom stereocenters. The van der Waals surface area contributed by atoms with Crippen LogP contribution in [-0.4, -0.2) is 29.9 Å². The smallest absolute Gasteiger partial charge is 0.254 e. The summed E-state index contributed by atoms with van der Waals surface area (Å²) in [5.41, 5.74) is 3.27. The molecule has 1 fully saturated rings. The molecule has 4 heteroatoms. The van der Waals surface area contributed by atoms with Crippen molar-refractivity contribution in [1.82, 2.24) is 10.2 Å². The van der Waals surface area contributed by atoms with Gasteiger partial charge in [0.2, 0.25) is 0 Å². The Morgan fingerprint density at radius 2 is 1.73 bits per heavy atom. The van der Waals surface area contributed by atoms with Gasteiger partial charge >= 0.3 is 0 Å². The van der Waals surface area contributed by atoms with E-state index in [-0.39, 0.29) is 24.4 Å². The summed E-state index contributed by atoms with van der Waals surface area (Å²) in [6.45, 7) is 2.54. The van der Waals surface area contributed by atoms with Crippen molar-refractivity contribution in [2.45, 2.75) is 18.5 Å². The molecule has 2 aliphatic heterocycles. The van der Waals surface area contributed by atoms with E-state index in [1.165, 1.54) is 11.1 Å². The van der Waals surface area contributed by atoms with E-state index in [9.17, 15) is 4.79 Å². The van der Waals surface area contributed by atoms with E-state index in [0.29, 0.717) is 12.5 Å². The Bertz CT molecular complexity index is 674. The summed E-state index contributed by atoms with van der Waals surface area (Å²) >= 11 is 0. The van der Waals surface area contributed by atoms with Gasteiger partial charge in [0, 0.05) is 31.1 Å². The summed E-state index contributed by atoms with van der Waals surface area (Å²) in [6.07, 6.45) is 0. The number of carbonyl (C=O) groups is 1. The van der Waals surface area contributed by atoms with Gasteiger partial charge in [-0.05, 0) is 17.2 Å². The third kappa shape index (κ3) is 2.40. The maximum atomic E-state index is 12.9. The Balaban J connectivity index is 0.00000144. The van der Waals surface area contributed by atoms with Crippen molar-refractivity contribution in [3.8, 4) is 0 Å². The van der Waals surface area contributed by atoms with E-state index in [2.05, 4.69) is 23.5 Å². The van der Waals surface area contributed by atoms with Gasteiger partial charge in [-0.1, -0.05) is 48.5 Å². The minimum absolute atomic E-state index is 0. The van der Waals surface area contributed by atoms with Crippen LogP contribution in [0.1, 0.15) is 27.4 Å². The molecule has 1 amide bonds. The molecule has 22 heavy (non-hydrogen) atoms. The predicted molar refractivity (Wildman–Crippen MR) is 89.4 cm³/mol. The van der Waals surface area contributed by atoms with E-state index in [1.54, 1.807) is 0 Å². The standard InChI is InChI=1S/C18H18N2O.ClH/c21-18-15-9-5-4-8-14(15)16-10-19-11-17(16)20(18)12-13-6-2-1-3-7-13;/h1-9,16-17,19H,10-12H2;1H/t16-,17+;/m1./s1. The van der Waals surface area contributed by atoms with Crippen molar-refractivity contribution in [2.75, 3.05) is 13.1 Å². The van der Waals surface area contributed by atoms with E-state index in [0.717, 1.165) is 18.7 Å². The number of nitrogens with one attached hydrogen (secondary N) is 1. The predicted octanol–water partition coefficient (Wildman–Crippen LogP) is 2.82. The first-order chi connectivity index (χ1) is 10.3. The van der Waals surface area contributed by atoms with Crippen LogP contribution >= 0.6 is 12.4 Å². The van der Waals surface area contributed by atoms with Gasteiger partial charge in [-0.3, -0.25) is 4.79 Å². The zero-order chi connectivity index (χ0) is 14.2. The largest absolute Gasteiger partial charge is 0.329 e. The molecular weight excluding hydrogens is 296 g/mol. The van der Waals surface area contributed by atoms with Crippen molar-refractivity contribution in [2.24, 2.45) is 0 Å². The van der Waals surface area contributed by atoms with Crippen LogP contribution in [-0.2, 0) is 6.54 Å². The second-order valence-corrected chi connectivity index (χ2v) is 5.84. The lowest BCUT2D eigenvalue weighted by atomic mass is 9.85. The Morgan fingerprint density at radius 3 is 2.55 bits per heavy atom. The van der Waals surface area contributed by atoms with Gasteiger partial charge in [0.25, 0.3) is 5.91 Å². The highest BCUT2D eigenvalue weighted by Crippen LogP contribution is 2.36. The molecule has 0 unspecified atom stereocenters. The first-order valence-electron chi connectivity index (χ1n) is 7.49. The van der Waals surface area contributed by atoms with Gasteiger partial charge in [-0.25, -0.2) is 0 Å². The van der Waals surface area contributed by atoms with Crippen molar-refractivity contribution in [3.63, 3.8) is 0 Å². The zero-order valence-corrected chi connectivity index (χ0v) is 13.1. The number of hydrogen-bond donors (Lipinski definition) is 1. The maximum absolute atomic E-state index is 12.9. The number of halogens is 1. The van der Waals surface area contributed by atoms with E-state index >= 15 is 0 Å². The molecule has 1 saturated heterocycles. The zero-order valence-electron chi connectivity index (χ0n) is 12.2. The van der Waals surface area contributed by atoms with Gasteiger partial charge in [0.1, 0.15) is 0 Å². The van der Waals surface area contributed by atoms with Crippen LogP contribution < -0.4 is 5.32 Å². The maximum Gasteiger partial charge on any atom is 0.254 e. The highest BCUT2D eigenvalue weighted by molar-refractivity contribution is 5.97. The Kier molecular flexibility index (Phi) is 4.19. The number of benzene rings is 2. The minimum atomic E-state index is 0. The Labute approximate surface area is 136 Å². The van der Waals surface area contributed by atoms with Crippen LogP contribution in [0.4, 0.5) is 0 Å². The number of rotatable bonds is 2. The monoisotopic (exact) mass is 314 g/mol. The fourth-order valence-electron chi connectivity index (χ4n) is 3.60. The lowest BCUT2D eigenvalue weighted by Gasteiger charge is -2.38. The van der Waals surface area contributed by atoms with E-state index < -0.39 is 0 Å². The lowest BCUT2D eigenvalue weighted by molar-refractivity contribution is 0.0630.